The van der Waals surface area contributed by atoms with Gasteiger partial charge in [0, 0.05) is 24.9 Å². The number of ether oxygens (including phenoxy) is 1. The molecule has 3 aromatic carbocycles. The van der Waals surface area contributed by atoms with E-state index in [1.807, 2.05) is 31.2 Å². The lowest BCUT2D eigenvalue weighted by Gasteiger charge is -2.35. The van der Waals surface area contributed by atoms with Crippen LogP contribution in [-0.2, 0) is 16.0 Å². The Kier molecular flexibility index (Phi) is 6.84. The fourth-order valence-corrected chi connectivity index (χ4v) is 4.87. The van der Waals surface area contributed by atoms with Crippen molar-refractivity contribution in [2.45, 2.75) is 32.1 Å². The number of likely N-dealkylation sites (tertiary alicyclic amines) is 1. The van der Waals surface area contributed by atoms with E-state index in [0.29, 0.717) is 18.8 Å². The van der Waals surface area contributed by atoms with Gasteiger partial charge in [0.05, 0.1) is 19.2 Å². The van der Waals surface area contributed by atoms with Crippen molar-refractivity contribution in [1.82, 2.24) is 4.90 Å². The summed E-state index contributed by atoms with van der Waals surface area (Å²) in [6.45, 7) is 3.06. The van der Waals surface area contributed by atoms with E-state index in [1.54, 1.807) is 29.2 Å². The number of benzene rings is 3. The lowest BCUT2D eigenvalue weighted by molar-refractivity contribution is -0.139. The predicted molar refractivity (Wildman–Crippen MR) is 128 cm³/mol. The Labute approximate surface area is 197 Å². The molecule has 0 N–H and O–H groups in total. The molecular weight excluding hydrogens is 443 g/mol. The summed E-state index contributed by atoms with van der Waals surface area (Å²) in [4.78, 5) is 26.6. The Morgan fingerprint density at radius 3 is 2.48 bits per heavy atom. The highest BCUT2D eigenvalue weighted by Gasteiger charge is 2.29. The molecular formula is C26H26ClFN2O3. The van der Waals surface area contributed by atoms with Gasteiger partial charge < -0.3 is 9.64 Å². The quantitative estimate of drug-likeness (QED) is 0.350. The van der Waals surface area contributed by atoms with Crippen LogP contribution in [0.1, 0.15) is 35.4 Å². The first kappa shape index (κ1) is 23.1. The average molecular weight is 469 g/mol. The third-order valence-electron chi connectivity index (χ3n) is 6.41. The minimum atomic E-state index is -0.311. The molecule has 1 aliphatic rings. The van der Waals surface area contributed by atoms with Gasteiger partial charge in [-0.15, -0.1) is 0 Å². The number of fused-ring (bicyclic) bond motifs is 1. The zero-order valence-corrected chi connectivity index (χ0v) is 19.4. The van der Waals surface area contributed by atoms with Crippen LogP contribution in [0.15, 0.2) is 54.6 Å². The molecule has 1 heterocycles. The van der Waals surface area contributed by atoms with E-state index >= 15 is 0 Å². The number of carbonyl (C=O) groups is 2. The van der Waals surface area contributed by atoms with Crippen molar-refractivity contribution >= 4 is 40.2 Å². The van der Waals surface area contributed by atoms with Gasteiger partial charge in [-0.05, 0) is 77.4 Å². The fraction of sp³-hybridized carbons (Fsp3) is 0.308. The van der Waals surface area contributed by atoms with Crippen LogP contribution in [0.25, 0.3) is 10.8 Å². The Balaban J connectivity index is 1.59. The molecule has 5 nitrogen and oxygen atoms in total. The molecule has 1 saturated heterocycles. The highest BCUT2D eigenvalue weighted by atomic mass is 35.5. The summed E-state index contributed by atoms with van der Waals surface area (Å²) in [5.74, 6) is -0.470. The van der Waals surface area contributed by atoms with E-state index in [4.69, 9.17) is 16.5 Å². The molecule has 0 atom stereocenters. The largest absolute Gasteiger partial charge is 0.469 e. The van der Waals surface area contributed by atoms with Gasteiger partial charge in [-0.3, -0.25) is 4.79 Å². The number of hydrogen-bond acceptors (Lipinski definition) is 3. The van der Waals surface area contributed by atoms with Crippen molar-refractivity contribution in [2.75, 3.05) is 24.6 Å². The standard InChI is InChI=1S/C26H26ClFN2O3/c1-17-20(15-24(31)33-2)14-19-8-9-21(28)16-23(19)25(17)18-10-12-29(13-11-18)26(32)30(27)22-6-4-3-5-7-22/h3-9,14,16,18H,10-13,15H2,1-2H3. The number of carbonyl (C=O) groups excluding carboxylic acids is 2. The Bertz CT molecular complexity index is 1180. The number of anilines is 1. The third kappa shape index (κ3) is 4.81. The number of esters is 1. The number of amides is 2. The van der Waals surface area contributed by atoms with Gasteiger partial charge in [-0.1, -0.05) is 30.3 Å². The number of nitrogens with zero attached hydrogens (tertiary/aromatic N) is 2. The highest BCUT2D eigenvalue weighted by molar-refractivity contribution is 6.36. The molecule has 0 aromatic heterocycles. The summed E-state index contributed by atoms with van der Waals surface area (Å²) in [6, 6.07) is 15.5. The van der Waals surface area contributed by atoms with Crippen LogP contribution in [-0.4, -0.2) is 37.1 Å². The fourth-order valence-electron chi connectivity index (χ4n) is 4.65. The molecule has 172 valence electrons. The summed E-state index contributed by atoms with van der Waals surface area (Å²) in [6.07, 6.45) is 1.61. The number of urea groups is 1. The van der Waals surface area contributed by atoms with Crippen LogP contribution < -0.4 is 4.42 Å². The molecule has 0 spiro atoms. The topological polar surface area (TPSA) is 49.9 Å². The number of piperidine rings is 1. The van der Waals surface area contributed by atoms with Gasteiger partial charge in [0.15, 0.2) is 0 Å². The molecule has 3 aromatic rings. The second kappa shape index (κ2) is 9.79. The normalized spacial score (nSPS) is 14.4. The van der Waals surface area contributed by atoms with E-state index in [-0.39, 0.29) is 30.2 Å². The van der Waals surface area contributed by atoms with E-state index in [2.05, 4.69) is 0 Å². The second-order valence-electron chi connectivity index (χ2n) is 8.35. The van der Waals surface area contributed by atoms with Crippen LogP contribution in [0.2, 0.25) is 0 Å². The number of rotatable bonds is 4. The first-order valence-electron chi connectivity index (χ1n) is 11.0. The van der Waals surface area contributed by atoms with Crippen LogP contribution >= 0.6 is 11.8 Å². The van der Waals surface area contributed by atoms with Crippen LogP contribution in [0.4, 0.5) is 14.9 Å². The van der Waals surface area contributed by atoms with Gasteiger partial charge >= 0.3 is 12.0 Å². The smallest absolute Gasteiger partial charge is 0.339 e. The van der Waals surface area contributed by atoms with E-state index in [9.17, 15) is 14.0 Å². The van der Waals surface area contributed by atoms with E-state index in [1.165, 1.54) is 13.2 Å². The molecule has 1 fully saturated rings. The molecule has 0 radical (unpaired) electrons. The molecule has 7 heteroatoms. The molecule has 2 amide bonds. The maximum absolute atomic E-state index is 14.2. The Morgan fingerprint density at radius 2 is 1.82 bits per heavy atom. The van der Waals surface area contributed by atoms with Gasteiger partial charge in [0.2, 0.25) is 0 Å². The second-order valence-corrected chi connectivity index (χ2v) is 8.69. The first-order valence-corrected chi connectivity index (χ1v) is 11.3. The third-order valence-corrected chi connectivity index (χ3v) is 6.75. The monoisotopic (exact) mass is 468 g/mol. The lowest BCUT2D eigenvalue weighted by atomic mass is 9.81. The molecule has 0 bridgehead atoms. The van der Waals surface area contributed by atoms with Crippen molar-refractivity contribution in [3.05, 3.63) is 77.1 Å². The van der Waals surface area contributed by atoms with Gasteiger partial charge in [0.25, 0.3) is 0 Å². The summed E-state index contributed by atoms with van der Waals surface area (Å²) < 4.78 is 20.2. The highest BCUT2D eigenvalue weighted by Crippen LogP contribution is 2.38. The number of halogens is 2. The summed E-state index contributed by atoms with van der Waals surface area (Å²) >= 11 is 6.30. The summed E-state index contributed by atoms with van der Waals surface area (Å²) in [7, 11) is 1.37. The molecule has 0 aliphatic carbocycles. The molecule has 4 rings (SSSR count). The van der Waals surface area contributed by atoms with Crippen molar-refractivity contribution in [2.24, 2.45) is 0 Å². The van der Waals surface area contributed by atoms with Gasteiger partial charge in [-0.2, -0.15) is 0 Å². The zero-order valence-electron chi connectivity index (χ0n) is 18.7. The average Bonchev–Trinajstić information content (AvgIpc) is 2.84. The molecule has 1 aliphatic heterocycles. The first-order chi connectivity index (χ1) is 15.9. The summed E-state index contributed by atoms with van der Waals surface area (Å²) in [5.41, 5.74) is 3.53. The van der Waals surface area contributed by atoms with E-state index < -0.39 is 0 Å². The molecule has 0 unspecified atom stereocenters. The molecule has 0 saturated carbocycles. The number of methoxy groups -OCH3 is 1. The van der Waals surface area contributed by atoms with Crippen LogP contribution in [0.3, 0.4) is 0 Å². The van der Waals surface area contributed by atoms with Crippen LogP contribution in [0, 0.1) is 12.7 Å². The predicted octanol–water partition coefficient (Wildman–Crippen LogP) is 5.96. The van der Waals surface area contributed by atoms with Crippen molar-refractivity contribution in [3.8, 4) is 0 Å². The van der Waals surface area contributed by atoms with Crippen molar-refractivity contribution in [3.63, 3.8) is 0 Å². The Hall–Kier alpha value is -3.12. The molecule has 33 heavy (non-hydrogen) atoms. The number of para-hydroxylation sites is 1. The minimum absolute atomic E-state index is 0.136. The van der Waals surface area contributed by atoms with Gasteiger partial charge in [0.1, 0.15) is 5.82 Å². The Morgan fingerprint density at radius 1 is 1.12 bits per heavy atom. The zero-order chi connectivity index (χ0) is 23.5. The van der Waals surface area contributed by atoms with Crippen molar-refractivity contribution in [1.29, 1.82) is 0 Å². The maximum Gasteiger partial charge on any atom is 0.339 e. The lowest BCUT2D eigenvalue weighted by Crippen LogP contribution is -2.43. The summed E-state index contributed by atoms with van der Waals surface area (Å²) in [5, 5.41) is 1.75. The number of hydrogen-bond donors (Lipinski definition) is 0. The van der Waals surface area contributed by atoms with E-state index in [0.717, 1.165) is 44.7 Å². The minimum Gasteiger partial charge on any atom is -0.469 e. The maximum atomic E-state index is 14.2. The van der Waals surface area contributed by atoms with Crippen molar-refractivity contribution < 1.29 is 18.7 Å². The van der Waals surface area contributed by atoms with Crippen LogP contribution in [0.5, 0.6) is 0 Å². The van der Waals surface area contributed by atoms with Gasteiger partial charge in [-0.25, -0.2) is 13.6 Å². The SMILES string of the molecule is COC(=O)Cc1cc2ccc(F)cc2c(C2CCN(C(=O)N(Cl)c3ccccc3)CC2)c1C.